The molecule has 1 aromatic carbocycles. The van der Waals surface area contributed by atoms with E-state index in [0.29, 0.717) is 5.52 Å². The topological polar surface area (TPSA) is 15.8 Å². The van der Waals surface area contributed by atoms with Crippen molar-refractivity contribution in [2.24, 2.45) is 0 Å². The highest BCUT2D eigenvalue weighted by atomic mass is 19.4. The van der Waals surface area contributed by atoms with Gasteiger partial charge in [0.05, 0.1) is 5.56 Å². The summed E-state index contributed by atoms with van der Waals surface area (Å²) in [5.74, 6) is 0. The third-order valence-corrected chi connectivity index (χ3v) is 1.88. The van der Waals surface area contributed by atoms with Gasteiger partial charge in [-0.2, -0.15) is 13.2 Å². The Balaban J connectivity index is 0.000000531. The minimum atomic E-state index is -4.26. The van der Waals surface area contributed by atoms with Crippen LogP contribution in [0.2, 0.25) is 0 Å². The molecule has 1 N–H and O–H groups in total. The Kier molecular flexibility index (Phi) is 3.39. The molecule has 1 nitrogen and oxygen atoms in total. The third-order valence-electron chi connectivity index (χ3n) is 1.88. The Morgan fingerprint density at radius 3 is 2.33 bits per heavy atom. The summed E-state index contributed by atoms with van der Waals surface area (Å²) in [4.78, 5) is 2.73. The molecule has 0 aliphatic carbocycles. The van der Waals surface area contributed by atoms with Crippen LogP contribution in [0.4, 0.5) is 13.2 Å². The lowest BCUT2D eigenvalue weighted by Crippen LogP contribution is -2.03. The van der Waals surface area contributed by atoms with E-state index >= 15 is 0 Å². The molecule has 0 unspecified atom stereocenters. The zero-order chi connectivity index (χ0) is 11.5. The minimum Gasteiger partial charge on any atom is -0.361 e. The molecule has 0 radical (unpaired) electrons. The van der Waals surface area contributed by atoms with E-state index in [-0.39, 0.29) is 0 Å². The van der Waals surface area contributed by atoms with Crippen LogP contribution in [0.25, 0.3) is 10.9 Å². The number of hydrogen-bond acceptors (Lipinski definition) is 0. The number of H-pyrrole nitrogens is 1. The van der Waals surface area contributed by atoms with E-state index in [2.05, 4.69) is 4.98 Å². The van der Waals surface area contributed by atoms with Crippen LogP contribution < -0.4 is 0 Å². The Bertz CT molecular complexity index is 429. The molecule has 15 heavy (non-hydrogen) atoms. The lowest BCUT2D eigenvalue weighted by Gasteiger charge is -2.05. The molecule has 0 spiro atoms. The first-order valence-electron chi connectivity index (χ1n) is 4.72. The molecular weight excluding hydrogens is 203 g/mol. The molecule has 82 valence electrons. The molecule has 1 aromatic heterocycles. The van der Waals surface area contributed by atoms with Gasteiger partial charge in [-0.05, 0) is 23.6 Å². The zero-order valence-corrected chi connectivity index (χ0v) is 8.52. The summed E-state index contributed by atoms with van der Waals surface area (Å²) in [5.41, 5.74) is -0.114. The van der Waals surface area contributed by atoms with Crippen molar-refractivity contribution in [3.05, 3.63) is 36.0 Å². The number of halogens is 3. The van der Waals surface area contributed by atoms with E-state index in [9.17, 15) is 13.2 Å². The van der Waals surface area contributed by atoms with E-state index < -0.39 is 11.7 Å². The predicted molar refractivity (Wildman–Crippen MR) is 54.6 cm³/mol. The molecule has 0 bridgehead atoms. The predicted octanol–water partition coefficient (Wildman–Crippen LogP) is 4.21. The molecule has 2 aromatic rings. The summed E-state index contributed by atoms with van der Waals surface area (Å²) in [6, 6.07) is 5.37. The number of hydrogen-bond donors (Lipinski definition) is 1. The fraction of sp³-hybridized carbons (Fsp3) is 0.273. The summed E-state index contributed by atoms with van der Waals surface area (Å²) in [6.07, 6.45) is -2.65. The second-order valence-corrected chi connectivity index (χ2v) is 2.78. The molecule has 0 amide bonds. The van der Waals surface area contributed by atoms with E-state index in [0.717, 1.165) is 17.5 Å². The largest absolute Gasteiger partial charge is 0.416 e. The molecule has 1 heterocycles. The molecule has 0 fully saturated rings. The van der Waals surface area contributed by atoms with Gasteiger partial charge in [0.25, 0.3) is 0 Å². The maximum Gasteiger partial charge on any atom is 0.416 e. The van der Waals surface area contributed by atoms with Crippen molar-refractivity contribution in [3.63, 3.8) is 0 Å². The summed E-state index contributed by atoms with van der Waals surface area (Å²) >= 11 is 0. The van der Waals surface area contributed by atoms with E-state index in [4.69, 9.17) is 0 Å². The van der Waals surface area contributed by atoms with Crippen LogP contribution in [-0.2, 0) is 6.18 Å². The first kappa shape index (κ1) is 11.6. The van der Waals surface area contributed by atoms with Gasteiger partial charge in [0.2, 0.25) is 0 Å². The maximum absolute atomic E-state index is 12.2. The van der Waals surface area contributed by atoms with E-state index in [1.165, 1.54) is 6.07 Å². The van der Waals surface area contributed by atoms with Gasteiger partial charge in [-0.3, -0.25) is 0 Å². The molecule has 0 aliphatic rings. The average Bonchev–Trinajstić information content (AvgIpc) is 2.66. The van der Waals surface area contributed by atoms with E-state index in [1.54, 1.807) is 12.3 Å². The SMILES string of the molecule is CC.FC(F)(F)c1ccc2cc[nH]c2c1. The molecular formula is C11H12F3N. The summed E-state index contributed by atoms with van der Waals surface area (Å²) < 4.78 is 36.6. The van der Waals surface area contributed by atoms with Crippen LogP contribution in [0.15, 0.2) is 30.5 Å². The highest BCUT2D eigenvalue weighted by Gasteiger charge is 2.30. The fourth-order valence-corrected chi connectivity index (χ4v) is 1.22. The van der Waals surface area contributed by atoms with Gasteiger partial charge in [-0.15, -0.1) is 0 Å². The highest BCUT2D eigenvalue weighted by molar-refractivity contribution is 5.79. The number of aromatic amines is 1. The smallest absolute Gasteiger partial charge is 0.361 e. The van der Waals surface area contributed by atoms with Crippen LogP contribution in [0, 0.1) is 0 Å². The van der Waals surface area contributed by atoms with Gasteiger partial charge in [0, 0.05) is 11.7 Å². The number of benzene rings is 1. The minimum absolute atomic E-state index is 0.509. The lowest BCUT2D eigenvalue weighted by atomic mass is 10.1. The second-order valence-electron chi connectivity index (χ2n) is 2.78. The maximum atomic E-state index is 12.2. The normalized spacial score (nSPS) is 11.0. The molecule has 0 saturated carbocycles. The van der Waals surface area contributed by atoms with Gasteiger partial charge in [-0.1, -0.05) is 19.9 Å². The van der Waals surface area contributed by atoms with Crippen LogP contribution >= 0.6 is 0 Å². The Morgan fingerprint density at radius 1 is 1.07 bits per heavy atom. The lowest BCUT2D eigenvalue weighted by molar-refractivity contribution is -0.137. The number of fused-ring (bicyclic) bond motifs is 1. The molecule has 2 rings (SSSR count). The average molecular weight is 215 g/mol. The molecule has 0 atom stereocenters. The molecule has 0 aliphatic heterocycles. The first-order chi connectivity index (χ1) is 7.07. The Labute approximate surface area is 85.9 Å². The van der Waals surface area contributed by atoms with Gasteiger partial charge in [0.1, 0.15) is 0 Å². The number of aromatic nitrogens is 1. The van der Waals surface area contributed by atoms with Gasteiger partial charge in [-0.25, -0.2) is 0 Å². The van der Waals surface area contributed by atoms with Crippen molar-refractivity contribution in [2.75, 3.05) is 0 Å². The summed E-state index contributed by atoms with van der Waals surface area (Å²) in [7, 11) is 0. The van der Waals surface area contributed by atoms with Crippen molar-refractivity contribution >= 4 is 10.9 Å². The Morgan fingerprint density at radius 2 is 1.73 bits per heavy atom. The van der Waals surface area contributed by atoms with Crippen molar-refractivity contribution < 1.29 is 13.2 Å². The summed E-state index contributed by atoms with van der Waals surface area (Å²) in [5, 5.41) is 0.785. The van der Waals surface area contributed by atoms with Crippen molar-refractivity contribution in [3.8, 4) is 0 Å². The van der Waals surface area contributed by atoms with Gasteiger partial charge < -0.3 is 4.98 Å². The van der Waals surface area contributed by atoms with Crippen LogP contribution in [-0.4, -0.2) is 4.98 Å². The number of rotatable bonds is 0. The third kappa shape index (κ3) is 2.52. The zero-order valence-electron chi connectivity index (χ0n) is 8.52. The standard InChI is InChI=1S/C9H6F3N.C2H6/c10-9(11,12)7-2-1-6-3-4-13-8(6)5-7;1-2/h1-5,13H;1-2H3. The second kappa shape index (κ2) is 4.38. The highest BCUT2D eigenvalue weighted by Crippen LogP contribution is 2.30. The van der Waals surface area contributed by atoms with Gasteiger partial charge >= 0.3 is 6.18 Å². The monoisotopic (exact) mass is 215 g/mol. The van der Waals surface area contributed by atoms with Crippen molar-refractivity contribution in [1.29, 1.82) is 0 Å². The fourth-order valence-electron chi connectivity index (χ4n) is 1.22. The van der Waals surface area contributed by atoms with Crippen LogP contribution in [0.1, 0.15) is 19.4 Å². The molecule has 0 saturated heterocycles. The first-order valence-corrected chi connectivity index (χ1v) is 4.72. The number of alkyl halides is 3. The summed E-state index contributed by atoms with van der Waals surface area (Å²) in [6.45, 7) is 4.00. The van der Waals surface area contributed by atoms with Crippen molar-refractivity contribution in [1.82, 2.24) is 4.98 Å². The number of nitrogens with one attached hydrogen (secondary N) is 1. The Hall–Kier alpha value is -1.45. The van der Waals surface area contributed by atoms with Crippen molar-refractivity contribution in [2.45, 2.75) is 20.0 Å². The quantitative estimate of drug-likeness (QED) is 0.677. The van der Waals surface area contributed by atoms with Gasteiger partial charge in [0.15, 0.2) is 0 Å². The van der Waals surface area contributed by atoms with Crippen LogP contribution in [0.3, 0.4) is 0 Å². The van der Waals surface area contributed by atoms with E-state index in [1.807, 2.05) is 13.8 Å². The molecule has 4 heteroatoms. The van der Waals surface area contributed by atoms with Crippen LogP contribution in [0.5, 0.6) is 0 Å².